The van der Waals surface area contributed by atoms with Crippen LogP contribution < -0.4 is 21.8 Å². The molecule has 1 aromatic carbocycles. The van der Waals surface area contributed by atoms with Gasteiger partial charge in [0.1, 0.15) is 6.17 Å². The van der Waals surface area contributed by atoms with Crippen molar-refractivity contribution in [2.75, 3.05) is 38.7 Å². The van der Waals surface area contributed by atoms with E-state index in [2.05, 4.69) is 49.6 Å². The highest BCUT2D eigenvalue weighted by Crippen LogP contribution is 2.27. The number of ether oxygens (including phenoxy) is 1. The molecule has 2 aromatic rings. The lowest BCUT2D eigenvalue weighted by Gasteiger charge is -2.18. The fourth-order valence-corrected chi connectivity index (χ4v) is 2.84. The number of unbranched alkanes of at least 4 members (excludes halogenated alkanes) is 1. The van der Waals surface area contributed by atoms with Gasteiger partial charge in [0.05, 0.1) is 24.5 Å². The number of likely N-dealkylation sites (N-methyl/N-ethyl adjacent to an activating group) is 1. The zero-order valence-corrected chi connectivity index (χ0v) is 15.1. The summed E-state index contributed by atoms with van der Waals surface area (Å²) >= 11 is 0. The zero-order chi connectivity index (χ0) is 18.2. The second-order valence-corrected chi connectivity index (χ2v) is 6.17. The molecule has 6 N–H and O–H groups in total. The maximum atomic E-state index is 5.64. The van der Waals surface area contributed by atoms with E-state index in [0.29, 0.717) is 6.61 Å². The van der Waals surface area contributed by atoms with E-state index in [9.17, 15) is 0 Å². The molecule has 0 radical (unpaired) electrons. The standard InChI is InChI=1S/C18H27N7O/c1-20-18-10-14(11-22-25-18)13-8-16(15-12-23-24-17(15)9-13)21-5-7-26-6-3-2-4-19/h8-12,18,20-21,25H,2-7,19H2,1H3,(H,23,24). The van der Waals surface area contributed by atoms with E-state index in [1.807, 2.05) is 19.5 Å². The van der Waals surface area contributed by atoms with Gasteiger partial charge in [0.25, 0.3) is 0 Å². The number of allylic oxidation sites excluding steroid dienone is 1. The Kier molecular flexibility index (Phi) is 6.59. The minimum atomic E-state index is 0.0193. The van der Waals surface area contributed by atoms with Crippen LogP contribution in [0.5, 0.6) is 0 Å². The Hall–Kier alpha value is -2.42. The molecule has 1 aliphatic rings. The number of anilines is 1. The van der Waals surface area contributed by atoms with E-state index < -0.39 is 0 Å². The van der Waals surface area contributed by atoms with E-state index in [4.69, 9.17) is 10.5 Å². The first-order valence-corrected chi connectivity index (χ1v) is 8.98. The summed E-state index contributed by atoms with van der Waals surface area (Å²) in [5, 5.41) is 19.1. The van der Waals surface area contributed by atoms with Crippen LogP contribution in [0.4, 0.5) is 5.69 Å². The lowest BCUT2D eigenvalue weighted by Crippen LogP contribution is -2.37. The fourth-order valence-electron chi connectivity index (χ4n) is 2.84. The van der Waals surface area contributed by atoms with Gasteiger partial charge in [-0.25, -0.2) is 0 Å². The predicted molar refractivity (Wildman–Crippen MR) is 106 cm³/mol. The Bertz CT molecular complexity index is 768. The molecule has 1 aromatic heterocycles. The molecule has 2 heterocycles. The van der Waals surface area contributed by atoms with Crippen LogP contribution in [-0.4, -0.2) is 55.9 Å². The Morgan fingerprint density at radius 2 is 2.19 bits per heavy atom. The number of fused-ring (bicyclic) bond motifs is 1. The number of rotatable bonds is 10. The van der Waals surface area contributed by atoms with Crippen LogP contribution in [0.3, 0.4) is 0 Å². The van der Waals surface area contributed by atoms with Crippen LogP contribution in [0.2, 0.25) is 0 Å². The second kappa shape index (κ2) is 9.33. The van der Waals surface area contributed by atoms with Crippen LogP contribution in [-0.2, 0) is 4.74 Å². The summed E-state index contributed by atoms with van der Waals surface area (Å²) in [6, 6.07) is 4.22. The van der Waals surface area contributed by atoms with Crippen LogP contribution >= 0.6 is 0 Å². The summed E-state index contributed by atoms with van der Waals surface area (Å²) < 4.78 is 5.64. The SMILES string of the molecule is CNC1C=C(c2cc(NCCOCCCCN)c3cn[nH]c3c2)C=NN1. The first-order valence-electron chi connectivity index (χ1n) is 8.98. The van der Waals surface area contributed by atoms with Gasteiger partial charge in [0.15, 0.2) is 0 Å². The van der Waals surface area contributed by atoms with Crippen molar-refractivity contribution in [2.24, 2.45) is 10.8 Å². The monoisotopic (exact) mass is 357 g/mol. The van der Waals surface area contributed by atoms with Crippen molar-refractivity contribution in [1.82, 2.24) is 20.9 Å². The summed E-state index contributed by atoms with van der Waals surface area (Å²) in [5.74, 6) is 0. The molecule has 0 saturated carbocycles. The van der Waals surface area contributed by atoms with Crippen molar-refractivity contribution in [2.45, 2.75) is 19.0 Å². The van der Waals surface area contributed by atoms with Crippen molar-refractivity contribution in [1.29, 1.82) is 0 Å². The molecule has 0 saturated heterocycles. The predicted octanol–water partition coefficient (Wildman–Crippen LogP) is 1.25. The van der Waals surface area contributed by atoms with Crippen molar-refractivity contribution in [3.05, 3.63) is 30.0 Å². The molecular formula is C18H27N7O. The third-order valence-electron chi connectivity index (χ3n) is 4.27. The number of nitrogens with zero attached hydrogens (tertiary/aromatic N) is 2. The molecule has 1 aliphatic heterocycles. The Balaban J connectivity index is 1.68. The lowest BCUT2D eigenvalue weighted by atomic mass is 10.0. The van der Waals surface area contributed by atoms with E-state index >= 15 is 0 Å². The molecule has 0 amide bonds. The van der Waals surface area contributed by atoms with Crippen molar-refractivity contribution in [3.8, 4) is 0 Å². The molecule has 1 unspecified atom stereocenters. The van der Waals surface area contributed by atoms with Crippen LogP contribution in [0, 0.1) is 0 Å². The number of hydrogen-bond donors (Lipinski definition) is 5. The van der Waals surface area contributed by atoms with Gasteiger partial charge in [-0.3, -0.25) is 15.8 Å². The number of aromatic nitrogens is 2. The first kappa shape index (κ1) is 18.4. The number of H-pyrrole nitrogens is 1. The Morgan fingerprint density at radius 3 is 3.04 bits per heavy atom. The highest BCUT2D eigenvalue weighted by atomic mass is 16.5. The fraction of sp³-hybridized carbons (Fsp3) is 0.444. The molecule has 0 bridgehead atoms. The summed E-state index contributed by atoms with van der Waals surface area (Å²) in [4.78, 5) is 0. The number of hydrazone groups is 1. The van der Waals surface area contributed by atoms with Crippen LogP contribution in [0.1, 0.15) is 18.4 Å². The van der Waals surface area contributed by atoms with Gasteiger partial charge in [-0.15, -0.1) is 0 Å². The molecular weight excluding hydrogens is 330 g/mol. The third kappa shape index (κ3) is 4.60. The molecule has 0 aliphatic carbocycles. The van der Waals surface area contributed by atoms with E-state index in [1.165, 1.54) is 0 Å². The van der Waals surface area contributed by atoms with Crippen molar-refractivity contribution >= 4 is 28.4 Å². The van der Waals surface area contributed by atoms with Crippen molar-refractivity contribution < 1.29 is 4.74 Å². The minimum Gasteiger partial charge on any atom is -0.382 e. The molecule has 0 fully saturated rings. The maximum absolute atomic E-state index is 5.64. The van der Waals surface area contributed by atoms with Crippen LogP contribution in [0.25, 0.3) is 16.5 Å². The molecule has 0 spiro atoms. The van der Waals surface area contributed by atoms with Gasteiger partial charge in [-0.05, 0) is 50.2 Å². The maximum Gasteiger partial charge on any atom is 0.113 e. The number of benzene rings is 1. The zero-order valence-electron chi connectivity index (χ0n) is 15.1. The summed E-state index contributed by atoms with van der Waals surface area (Å²) in [6.07, 6.45) is 7.80. The topological polar surface area (TPSA) is 112 Å². The summed E-state index contributed by atoms with van der Waals surface area (Å²) in [7, 11) is 1.89. The third-order valence-corrected chi connectivity index (χ3v) is 4.27. The average molecular weight is 357 g/mol. The number of nitrogens with one attached hydrogen (secondary N) is 4. The molecule has 3 rings (SSSR count). The smallest absolute Gasteiger partial charge is 0.113 e. The van der Waals surface area contributed by atoms with Gasteiger partial charge < -0.3 is 15.8 Å². The molecule has 8 heteroatoms. The van der Waals surface area contributed by atoms with E-state index in [1.54, 1.807) is 0 Å². The van der Waals surface area contributed by atoms with Gasteiger partial charge >= 0.3 is 0 Å². The minimum absolute atomic E-state index is 0.0193. The van der Waals surface area contributed by atoms with Gasteiger partial charge in [0, 0.05) is 29.8 Å². The average Bonchev–Trinajstić information content (AvgIpc) is 3.16. The van der Waals surface area contributed by atoms with Gasteiger partial charge in [-0.1, -0.05) is 0 Å². The normalized spacial score (nSPS) is 16.5. The summed E-state index contributed by atoms with van der Waals surface area (Å²) in [5.41, 5.74) is 12.6. The highest BCUT2D eigenvalue weighted by molar-refractivity contribution is 6.12. The number of aromatic amines is 1. The first-order chi connectivity index (χ1) is 12.8. The number of hydrogen-bond acceptors (Lipinski definition) is 7. The molecule has 1 atom stereocenters. The molecule has 8 nitrogen and oxygen atoms in total. The van der Waals surface area contributed by atoms with E-state index in [-0.39, 0.29) is 6.17 Å². The quantitative estimate of drug-likeness (QED) is 0.409. The van der Waals surface area contributed by atoms with Crippen LogP contribution in [0.15, 0.2) is 29.5 Å². The highest BCUT2D eigenvalue weighted by Gasteiger charge is 2.12. The molecule has 26 heavy (non-hydrogen) atoms. The van der Waals surface area contributed by atoms with Gasteiger partial charge in [-0.2, -0.15) is 10.2 Å². The molecule has 140 valence electrons. The largest absolute Gasteiger partial charge is 0.382 e. The summed E-state index contributed by atoms with van der Waals surface area (Å²) in [6.45, 7) is 2.86. The van der Waals surface area contributed by atoms with Crippen molar-refractivity contribution in [3.63, 3.8) is 0 Å². The number of nitrogens with two attached hydrogens (primary N) is 1. The van der Waals surface area contributed by atoms with Gasteiger partial charge in [0.2, 0.25) is 0 Å². The second-order valence-electron chi connectivity index (χ2n) is 6.17. The Morgan fingerprint density at radius 1 is 1.27 bits per heavy atom. The van der Waals surface area contributed by atoms with E-state index in [0.717, 1.165) is 60.3 Å². The Labute approximate surface area is 153 Å². The lowest BCUT2D eigenvalue weighted by molar-refractivity contribution is 0.140.